The van der Waals surface area contributed by atoms with Crippen LogP contribution in [0.1, 0.15) is 43.9 Å². The first-order valence-corrected chi connectivity index (χ1v) is 7.29. The highest BCUT2D eigenvalue weighted by molar-refractivity contribution is 5.93. The average molecular weight is 292 g/mol. The number of hydrogen-bond donors (Lipinski definition) is 0. The molecule has 0 saturated carbocycles. The highest BCUT2D eigenvalue weighted by atomic mass is 16.2. The molecule has 2 heterocycles. The highest BCUT2D eigenvalue weighted by Gasteiger charge is 2.27. The summed E-state index contributed by atoms with van der Waals surface area (Å²) in [5.41, 5.74) is 1.44. The van der Waals surface area contributed by atoms with Gasteiger partial charge < -0.3 is 9.80 Å². The van der Waals surface area contributed by atoms with Gasteiger partial charge in [-0.2, -0.15) is 5.10 Å². The monoisotopic (exact) mass is 292 g/mol. The molecule has 0 aliphatic carbocycles. The van der Waals surface area contributed by atoms with Crippen molar-refractivity contribution in [2.45, 2.75) is 33.1 Å². The molecule has 0 spiro atoms. The number of amides is 2. The molecule has 0 radical (unpaired) electrons. The summed E-state index contributed by atoms with van der Waals surface area (Å²) >= 11 is 0. The van der Waals surface area contributed by atoms with Crippen LogP contribution in [0.3, 0.4) is 0 Å². The van der Waals surface area contributed by atoms with Crippen LogP contribution in [0, 0.1) is 0 Å². The Balaban J connectivity index is 2.11. The number of piperazine rings is 1. The molecule has 1 aromatic heterocycles. The Morgan fingerprint density at radius 2 is 1.62 bits per heavy atom. The molecular formula is C15H24N4O2. The third-order valence-electron chi connectivity index (χ3n) is 3.88. The molecule has 2 amide bonds. The molecule has 0 unspecified atom stereocenters. The first-order chi connectivity index (χ1) is 9.70. The van der Waals surface area contributed by atoms with Crippen molar-refractivity contribution in [2.24, 2.45) is 7.05 Å². The van der Waals surface area contributed by atoms with Gasteiger partial charge in [0.05, 0.1) is 5.69 Å². The molecule has 2 rings (SSSR count). The van der Waals surface area contributed by atoms with Crippen LogP contribution in [0.15, 0.2) is 6.07 Å². The van der Waals surface area contributed by atoms with Crippen LogP contribution >= 0.6 is 0 Å². The van der Waals surface area contributed by atoms with E-state index in [2.05, 4.69) is 25.9 Å². The predicted octanol–water partition coefficient (Wildman–Crippen LogP) is 1.02. The van der Waals surface area contributed by atoms with Crippen LogP contribution in [0.5, 0.6) is 0 Å². The summed E-state index contributed by atoms with van der Waals surface area (Å²) in [6, 6.07) is 1.87. The van der Waals surface area contributed by atoms with Crippen molar-refractivity contribution < 1.29 is 9.59 Å². The third-order valence-corrected chi connectivity index (χ3v) is 3.88. The molecule has 0 aromatic carbocycles. The van der Waals surface area contributed by atoms with Crippen molar-refractivity contribution in [1.29, 1.82) is 0 Å². The second-order valence-electron chi connectivity index (χ2n) is 6.59. The fourth-order valence-corrected chi connectivity index (χ4v) is 2.42. The van der Waals surface area contributed by atoms with E-state index in [-0.39, 0.29) is 17.2 Å². The predicted molar refractivity (Wildman–Crippen MR) is 80.1 cm³/mol. The second kappa shape index (κ2) is 5.50. The van der Waals surface area contributed by atoms with E-state index in [1.807, 2.05) is 6.07 Å². The number of carbonyl (C=O) groups excluding carboxylic acids is 2. The minimum Gasteiger partial charge on any atom is -0.339 e. The zero-order chi connectivity index (χ0) is 15.8. The summed E-state index contributed by atoms with van der Waals surface area (Å²) in [6.45, 7) is 10.2. The number of rotatable bonds is 1. The van der Waals surface area contributed by atoms with Crippen molar-refractivity contribution in [3.63, 3.8) is 0 Å². The maximum atomic E-state index is 12.6. The van der Waals surface area contributed by atoms with Crippen molar-refractivity contribution in [3.8, 4) is 0 Å². The lowest BCUT2D eigenvalue weighted by Crippen LogP contribution is -2.50. The zero-order valence-electron chi connectivity index (χ0n) is 13.5. The second-order valence-corrected chi connectivity index (χ2v) is 6.59. The largest absolute Gasteiger partial charge is 0.339 e. The van der Waals surface area contributed by atoms with Gasteiger partial charge in [0.2, 0.25) is 5.91 Å². The van der Waals surface area contributed by atoms with E-state index in [0.29, 0.717) is 31.9 Å². The lowest BCUT2D eigenvalue weighted by atomic mass is 9.92. The minimum absolute atomic E-state index is 0.0105. The molecule has 0 bridgehead atoms. The first kappa shape index (κ1) is 15.5. The van der Waals surface area contributed by atoms with Gasteiger partial charge in [0.25, 0.3) is 5.91 Å². The maximum Gasteiger partial charge on any atom is 0.272 e. The van der Waals surface area contributed by atoms with Gasteiger partial charge in [-0.3, -0.25) is 14.3 Å². The van der Waals surface area contributed by atoms with E-state index in [1.165, 1.54) is 0 Å². The van der Waals surface area contributed by atoms with E-state index in [4.69, 9.17) is 0 Å². The molecule has 116 valence electrons. The lowest BCUT2D eigenvalue weighted by Gasteiger charge is -2.34. The average Bonchev–Trinajstić information content (AvgIpc) is 2.80. The topological polar surface area (TPSA) is 58.4 Å². The summed E-state index contributed by atoms with van der Waals surface area (Å²) in [5.74, 6) is 0.0568. The minimum atomic E-state index is -0.0797. The van der Waals surface area contributed by atoms with Crippen molar-refractivity contribution >= 4 is 11.8 Å². The summed E-state index contributed by atoms with van der Waals surface area (Å²) in [6.07, 6.45) is 0. The Morgan fingerprint density at radius 3 is 2.05 bits per heavy atom. The molecule has 0 atom stereocenters. The summed E-state index contributed by atoms with van der Waals surface area (Å²) in [4.78, 5) is 27.5. The van der Waals surface area contributed by atoms with Crippen LogP contribution in [0.4, 0.5) is 0 Å². The Morgan fingerprint density at radius 1 is 1.10 bits per heavy atom. The normalized spacial score (nSPS) is 16.2. The van der Waals surface area contributed by atoms with E-state index in [0.717, 1.165) is 5.69 Å². The van der Waals surface area contributed by atoms with Crippen molar-refractivity contribution in [3.05, 3.63) is 17.5 Å². The maximum absolute atomic E-state index is 12.6. The molecule has 6 nitrogen and oxygen atoms in total. The summed E-state index contributed by atoms with van der Waals surface area (Å²) in [7, 11) is 1.80. The number of carbonyl (C=O) groups is 2. The van der Waals surface area contributed by atoms with Gasteiger partial charge in [0.1, 0.15) is 5.69 Å². The van der Waals surface area contributed by atoms with E-state index >= 15 is 0 Å². The molecule has 1 aliphatic heterocycles. The molecule has 21 heavy (non-hydrogen) atoms. The van der Waals surface area contributed by atoms with E-state index < -0.39 is 0 Å². The van der Waals surface area contributed by atoms with Crippen LogP contribution in [-0.2, 0) is 17.3 Å². The van der Waals surface area contributed by atoms with Gasteiger partial charge in [-0.25, -0.2) is 0 Å². The van der Waals surface area contributed by atoms with Crippen molar-refractivity contribution in [1.82, 2.24) is 19.6 Å². The molecule has 1 aliphatic rings. The fraction of sp³-hybridized carbons (Fsp3) is 0.667. The highest BCUT2D eigenvalue weighted by Crippen LogP contribution is 2.22. The quantitative estimate of drug-likeness (QED) is 0.776. The van der Waals surface area contributed by atoms with Gasteiger partial charge in [0, 0.05) is 45.6 Å². The Kier molecular flexibility index (Phi) is 4.07. The number of aryl methyl sites for hydroxylation is 1. The van der Waals surface area contributed by atoms with Gasteiger partial charge in [-0.15, -0.1) is 0 Å². The van der Waals surface area contributed by atoms with E-state index in [9.17, 15) is 9.59 Å². The lowest BCUT2D eigenvalue weighted by molar-refractivity contribution is -0.130. The van der Waals surface area contributed by atoms with Gasteiger partial charge in [-0.1, -0.05) is 20.8 Å². The number of nitrogens with zero attached hydrogens (tertiary/aromatic N) is 4. The smallest absolute Gasteiger partial charge is 0.272 e. The van der Waals surface area contributed by atoms with Crippen molar-refractivity contribution in [2.75, 3.05) is 26.2 Å². The molecular weight excluding hydrogens is 268 g/mol. The molecule has 1 saturated heterocycles. The Bertz CT molecular complexity index is 549. The third kappa shape index (κ3) is 3.25. The molecule has 1 fully saturated rings. The molecule has 1 aromatic rings. The standard InChI is InChI=1S/C15H24N4O2/c1-11(20)18-6-8-19(9-7-18)14(21)12-10-13(15(2,3)4)16-17(12)5/h10H,6-9H2,1-5H3. The Hall–Kier alpha value is -1.85. The zero-order valence-corrected chi connectivity index (χ0v) is 13.5. The van der Waals surface area contributed by atoms with Gasteiger partial charge in [-0.05, 0) is 6.07 Å². The molecule has 6 heteroatoms. The molecule has 0 N–H and O–H groups in total. The van der Waals surface area contributed by atoms with Crippen LogP contribution in [0.2, 0.25) is 0 Å². The van der Waals surface area contributed by atoms with Gasteiger partial charge in [0.15, 0.2) is 0 Å². The number of aromatic nitrogens is 2. The Labute approximate surface area is 125 Å². The van der Waals surface area contributed by atoms with Gasteiger partial charge >= 0.3 is 0 Å². The first-order valence-electron chi connectivity index (χ1n) is 7.29. The summed E-state index contributed by atoms with van der Waals surface area (Å²) in [5, 5.41) is 4.45. The van der Waals surface area contributed by atoms with Crippen LogP contribution in [-0.4, -0.2) is 57.6 Å². The van der Waals surface area contributed by atoms with Crippen LogP contribution in [0.25, 0.3) is 0 Å². The summed E-state index contributed by atoms with van der Waals surface area (Å²) < 4.78 is 1.65. The van der Waals surface area contributed by atoms with E-state index in [1.54, 1.807) is 28.5 Å². The number of hydrogen-bond acceptors (Lipinski definition) is 3. The van der Waals surface area contributed by atoms with Crippen LogP contribution < -0.4 is 0 Å². The SMILES string of the molecule is CC(=O)N1CCN(C(=O)c2cc(C(C)(C)C)nn2C)CC1. The fourth-order valence-electron chi connectivity index (χ4n) is 2.42.